The standard InChI is InChI=1S/C12H15FN2O2S/c1-15(6-5-11(14)18)12(16)8-3-4-9(13)10(7-8)17-2/h3-4,7H,5-6H2,1-2H3,(H2,14,18). The van der Waals surface area contributed by atoms with Crippen LogP contribution in [-0.4, -0.2) is 36.5 Å². The zero-order chi connectivity index (χ0) is 13.7. The number of benzene rings is 1. The second-order valence-corrected chi connectivity index (χ2v) is 4.32. The molecular weight excluding hydrogens is 255 g/mol. The molecule has 1 aromatic rings. The Labute approximate surface area is 111 Å². The van der Waals surface area contributed by atoms with Crippen LogP contribution >= 0.6 is 12.2 Å². The molecule has 1 rings (SSSR count). The molecule has 1 amide bonds. The van der Waals surface area contributed by atoms with Crippen LogP contribution in [-0.2, 0) is 0 Å². The summed E-state index contributed by atoms with van der Waals surface area (Å²) in [4.78, 5) is 13.8. The summed E-state index contributed by atoms with van der Waals surface area (Å²) in [6.07, 6.45) is 0.454. The zero-order valence-corrected chi connectivity index (χ0v) is 11.1. The van der Waals surface area contributed by atoms with Crippen molar-refractivity contribution in [1.82, 2.24) is 4.90 Å². The summed E-state index contributed by atoms with van der Waals surface area (Å²) in [5.74, 6) is -0.687. The summed E-state index contributed by atoms with van der Waals surface area (Å²) in [7, 11) is 2.99. The van der Waals surface area contributed by atoms with Gasteiger partial charge in [-0.05, 0) is 18.2 Å². The normalized spacial score (nSPS) is 9.94. The monoisotopic (exact) mass is 270 g/mol. The number of halogens is 1. The van der Waals surface area contributed by atoms with Gasteiger partial charge < -0.3 is 15.4 Å². The minimum Gasteiger partial charge on any atom is -0.494 e. The van der Waals surface area contributed by atoms with E-state index in [-0.39, 0.29) is 11.7 Å². The van der Waals surface area contributed by atoms with Crippen molar-refractivity contribution in [3.63, 3.8) is 0 Å². The number of ether oxygens (including phenoxy) is 1. The van der Waals surface area contributed by atoms with Gasteiger partial charge in [0, 0.05) is 25.6 Å². The molecule has 2 N–H and O–H groups in total. The smallest absolute Gasteiger partial charge is 0.253 e. The van der Waals surface area contributed by atoms with Crippen molar-refractivity contribution < 1.29 is 13.9 Å². The van der Waals surface area contributed by atoms with Crippen LogP contribution in [0.4, 0.5) is 4.39 Å². The molecule has 0 saturated carbocycles. The maximum Gasteiger partial charge on any atom is 0.253 e. The molecule has 98 valence electrons. The lowest BCUT2D eigenvalue weighted by Crippen LogP contribution is -2.30. The lowest BCUT2D eigenvalue weighted by Gasteiger charge is -2.17. The van der Waals surface area contributed by atoms with Crippen molar-refractivity contribution in [3.05, 3.63) is 29.6 Å². The van der Waals surface area contributed by atoms with E-state index in [1.165, 1.54) is 30.2 Å². The van der Waals surface area contributed by atoms with Crippen LogP contribution in [0.25, 0.3) is 0 Å². The molecule has 0 atom stereocenters. The third-order valence-corrected chi connectivity index (χ3v) is 2.64. The van der Waals surface area contributed by atoms with Gasteiger partial charge in [0.2, 0.25) is 0 Å². The SMILES string of the molecule is COc1cc(C(=O)N(C)CCC(N)=S)ccc1F. The van der Waals surface area contributed by atoms with Crippen molar-refractivity contribution in [3.8, 4) is 5.75 Å². The van der Waals surface area contributed by atoms with Crippen LogP contribution < -0.4 is 10.5 Å². The van der Waals surface area contributed by atoms with E-state index in [1.54, 1.807) is 7.05 Å². The summed E-state index contributed by atoms with van der Waals surface area (Å²) in [6, 6.07) is 3.99. The minimum absolute atomic E-state index is 0.0450. The molecule has 0 fully saturated rings. The highest BCUT2D eigenvalue weighted by molar-refractivity contribution is 7.80. The predicted molar refractivity (Wildman–Crippen MR) is 71.3 cm³/mol. The lowest BCUT2D eigenvalue weighted by atomic mass is 10.2. The van der Waals surface area contributed by atoms with Crippen molar-refractivity contribution >= 4 is 23.1 Å². The summed E-state index contributed by atoms with van der Waals surface area (Å²) in [6.45, 7) is 0.424. The Morgan fingerprint density at radius 1 is 1.56 bits per heavy atom. The summed E-state index contributed by atoms with van der Waals surface area (Å²) < 4.78 is 18.0. The van der Waals surface area contributed by atoms with Crippen LogP contribution in [0.1, 0.15) is 16.8 Å². The third-order valence-electron chi connectivity index (χ3n) is 2.44. The Bertz CT molecular complexity index is 465. The number of hydrogen-bond acceptors (Lipinski definition) is 3. The van der Waals surface area contributed by atoms with Crippen molar-refractivity contribution in [1.29, 1.82) is 0 Å². The van der Waals surface area contributed by atoms with Gasteiger partial charge in [-0.15, -0.1) is 0 Å². The van der Waals surface area contributed by atoms with E-state index in [0.29, 0.717) is 23.5 Å². The van der Waals surface area contributed by atoms with Gasteiger partial charge in [-0.2, -0.15) is 0 Å². The molecule has 1 aromatic carbocycles. The molecular formula is C12H15FN2O2S. The first-order valence-electron chi connectivity index (χ1n) is 5.33. The zero-order valence-electron chi connectivity index (χ0n) is 10.3. The van der Waals surface area contributed by atoms with Gasteiger partial charge in [0.05, 0.1) is 12.1 Å². The first-order valence-corrected chi connectivity index (χ1v) is 5.74. The Morgan fingerprint density at radius 2 is 2.22 bits per heavy atom. The molecule has 0 aromatic heterocycles. The number of thiocarbonyl (C=S) groups is 1. The number of nitrogens with two attached hydrogens (primary N) is 1. The lowest BCUT2D eigenvalue weighted by molar-refractivity contribution is 0.0798. The van der Waals surface area contributed by atoms with E-state index in [0.717, 1.165) is 0 Å². The predicted octanol–water partition coefficient (Wildman–Crippen LogP) is 1.58. The van der Waals surface area contributed by atoms with Gasteiger partial charge in [-0.1, -0.05) is 12.2 Å². The highest BCUT2D eigenvalue weighted by Gasteiger charge is 2.14. The Hall–Kier alpha value is -1.69. The van der Waals surface area contributed by atoms with E-state index in [2.05, 4.69) is 0 Å². The van der Waals surface area contributed by atoms with E-state index >= 15 is 0 Å². The molecule has 0 unspecified atom stereocenters. The molecule has 0 bridgehead atoms. The van der Waals surface area contributed by atoms with Gasteiger partial charge >= 0.3 is 0 Å². The summed E-state index contributed by atoms with van der Waals surface area (Å²) in [5.41, 5.74) is 5.73. The Balaban J connectivity index is 2.80. The van der Waals surface area contributed by atoms with Crippen LogP contribution in [0, 0.1) is 5.82 Å². The van der Waals surface area contributed by atoms with Crippen LogP contribution in [0.2, 0.25) is 0 Å². The van der Waals surface area contributed by atoms with E-state index in [1.807, 2.05) is 0 Å². The number of carbonyl (C=O) groups is 1. The molecule has 0 radical (unpaired) electrons. The second kappa shape index (κ2) is 6.30. The van der Waals surface area contributed by atoms with Crippen LogP contribution in [0.3, 0.4) is 0 Å². The average Bonchev–Trinajstić information content (AvgIpc) is 2.35. The number of amides is 1. The first-order chi connectivity index (χ1) is 8.45. The molecule has 0 heterocycles. The maximum atomic E-state index is 13.2. The van der Waals surface area contributed by atoms with Gasteiger partial charge in [0.15, 0.2) is 11.6 Å². The fourth-order valence-electron chi connectivity index (χ4n) is 1.39. The van der Waals surface area contributed by atoms with Crippen molar-refractivity contribution in [2.75, 3.05) is 20.7 Å². The Kier molecular flexibility index (Phi) is 5.03. The molecule has 18 heavy (non-hydrogen) atoms. The molecule has 0 aliphatic heterocycles. The molecule has 0 spiro atoms. The third kappa shape index (κ3) is 3.66. The quantitative estimate of drug-likeness (QED) is 0.825. The first kappa shape index (κ1) is 14.4. The van der Waals surface area contributed by atoms with Gasteiger partial charge in [0.1, 0.15) is 0 Å². The van der Waals surface area contributed by atoms with Gasteiger partial charge in [-0.25, -0.2) is 4.39 Å². The highest BCUT2D eigenvalue weighted by atomic mass is 32.1. The van der Waals surface area contributed by atoms with E-state index in [9.17, 15) is 9.18 Å². The summed E-state index contributed by atoms with van der Waals surface area (Å²) >= 11 is 4.74. The van der Waals surface area contributed by atoms with Gasteiger partial charge in [-0.3, -0.25) is 4.79 Å². The largest absolute Gasteiger partial charge is 0.494 e. The minimum atomic E-state index is -0.500. The number of hydrogen-bond donors (Lipinski definition) is 1. The fourth-order valence-corrected chi connectivity index (χ4v) is 1.48. The Morgan fingerprint density at radius 3 is 2.78 bits per heavy atom. The molecule has 6 heteroatoms. The summed E-state index contributed by atoms with van der Waals surface area (Å²) in [5, 5.41) is 0. The van der Waals surface area contributed by atoms with E-state index in [4.69, 9.17) is 22.7 Å². The van der Waals surface area contributed by atoms with Crippen molar-refractivity contribution in [2.24, 2.45) is 5.73 Å². The molecule has 0 aliphatic carbocycles. The van der Waals surface area contributed by atoms with E-state index < -0.39 is 5.82 Å². The molecule has 0 saturated heterocycles. The highest BCUT2D eigenvalue weighted by Crippen LogP contribution is 2.19. The number of methoxy groups -OCH3 is 1. The van der Waals surface area contributed by atoms with Crippen molar-refractivity contribution in [2.45, 2.75) is 6.42 Å². The van der Waals surface area contributed by atoms with Crippen LogP contribution in [0.15, 0.2) is 18.2 Å². The number of rotatable bonds is 5. The fraction of sp³-hybridized carbons (Fsp3) is 0.333. The average molecular weight is 270 g/mol. The number of nitrogens with zero attached hydrogens (tertiary/aromatic N) is 1. The number of carbonyl (C=O) groups excluding carboxylic acids is 1. The maximum absolute atomic E-state index is 13.2. The topological polar surface area (TPSA) is 55.6 Å². The van der Waals surface area contributed by atoms with Crippen LogP contribution in [0.5, 0.6) is 5.75 Å². The second-order valence-electron chi connectivity index (χ2n) is 3.79. The molecule has 4 nitrogen and oxygen atoms in total. The molecule has 0 aliphatic rings. The van der Waals surface area contributed by atoms with Gasteiger partial charge in [0.25, 0.3) is 5.91 Å².